The van der Waals surface area contributed by atoms with Crippen molar-refractivity contribution in [2.45, 2.75) is 32.9 Å². The van der Waals surface area contributed by atoms with Gasteiger partial charge < -0.3 is 10.5 Å². The van der Waals surface area contributed by atoms with Gasteiger partial charge in [0.1, 0.15) is 0 Å². The monoisotopic (exact) mass is 314 g/mol. The molecule has 0 amide bonds. The Labute approximate surface area is 118 Å². The van der Waals surface area contributed by atoms with Crippen molar-refractivity contribution in [1.82, 2.24) is 4.90 Å². The number of hydrogen-bond acceptors (Lipinski definition) is 3. The van der Waals surface area contributed by atoms with Gasteiger partial charge in [0, 0.05) is 36.4 Å². The summed E-state index contributed by atoms with van der Waals surface area (Å²) in [5.41, 5.74) is 7.89. The van der Waals surface area contributed by atoms with Gasteiger partial charge in [-0.25, -0.2) is 0 Å². The maximum Gasteiger partial charge on any atom is 0.0589 e. The van der Waals surface area contributed by atoms with E-state index in [0.29, 0.717) is 6.04 Å². The molecule has 0 saturated carbocycles. The third-order valence-electron chi connectivity index (χ3n) is 3.24. The molecule has 1 aromatic rings. The summed E-state index contributed by atoms with van der Waals surface area (Å²) < 4.78 is 6.29. The fraction of sp³-hybridized carbons (Fsp3) is 0.571. The number of nitrogen functional groups attached to an aromatic ring is 1. The van der Waals surface area contributed by atoms with Gasteiger partial charge in [-0.15, -0.1) is 0 Å². The van der Waals surface area contributed by atoms with E-state index in [-0.39, 0.29) is 0 Å². The first-order valence-electron chi connectivity index (χ1n) is 6.35. The van der Waals surface area contributed by atoms with E-state index in [9.17, 15) is 0 Å². The zero-order chi connectivity index (χ0) is 13.5. The van der Waals surface area contributed by atoms with Crippen molar-refractivity contribution >= 4 is 21.6 Å². The Morgan fingerprint density at radius 2 is 2.17 bits per heavy atom. The lowest BCUT2D eigenvalue weighted by atomic mass is 10.1. The topological polar surface area (TPSA) is 38.5 Å². The zero-order valence-electron chi connectivity index (χ0n) is 11.4. The molecule has 1 aromatic carbocycles. The van der Waals surface area contributed by atoms with E-state index < -0.39 is 0 Å². The van der Waals surface area contributed by atoms with E-state index in [1.165, 1.54) is 5.56 Å². The zero-order valence-corrected chi connectivity index (χ0v) is 13.0. The third-order valence-corrected chi connectivity index (χ3v) is 4.01. The van der Waals surface area contributed by atoms with Crippen LogP contribution >= 0.6 is 15.9 Å². The van der Waals surface area contributed by atoms with Crippen molar-refractivity contribution in [3.05, 3.63) is 28.2 Å². The van der Waals surface area contributed by atoms with Gasteiger partial charge in [0.25, 0.3) is 0 Å². The molecule has 0 aliphatic heterocycles. The first-order valence-corrected chi connectivity index (χ1v) is 7.14. The van der Waals surface area contributed by atoms with Crippen LogP contribution in [0.25, 0.3) is 0 Å². The van der Waals surface area contributed by atoms with Crippen molar-refractivity contribution in [3.63, 3.8) is 0 Å². The maximum absolute atomic E-state index is 5.85. The molecule has 0 bridgehead atoms. The molecule has 102 valence electrons. The Balaban J connectivity index is 2.77. The van der Waals surface area contributed by atoms with Crippen molar-refractivity contribution in [2.75, 3.05) is 26.0 Å². The summed E-state index contributed by atoms with van der Waals surface area (Å²) in [6, 6.07) is 6.49. The van der Waals surface area contributed by atoms with Crippen LogP contribution in [-0.4, -0.2) is 31.2 Å². The molecule has 0 saturated heterocycles. The smallest absolute Gasteiger partial charge is 0.0589 e. The van der Waals surface area contributed by atoms with Crippen LogP contribution in [0.15, 0.2) is 22.7 Å². The lowest BCUT2D eigenvalue weighted by Crippen LogP contribution is -2.35. The van der Waals surface area contributed by atoms with E-state index in [1.807, 2.05) is 18.2 Å². The van der Waals surface area contributed by atoms with E-state index in [4.69, 9.17) is 10.5 Å². The molecule has 18 heavy (non-hydrogen) atoms. The molecule has 3 nitrogen and oxygen atoms in total. The molecule has 4 heteroatoms. The number of nitrogens with two attached hydrogens (primary N) is 1. The summed E-state index contributed by atoms with van der Waals surface area (Å²) in [6.07, 6.45) is 1.13. The summed E-state index contributed by atoms with van der Waals surface area (Å²) in [5.74, 6) is 0. The van der Waals surface area contributed by atoms with Gasteiger partial charge >= 0.3 is 0 Å². The van der Waals surface area contributed by atoms with Gasteiger partial charge in [-0.1, -0.05) is 22.9 Å². The molecule has 1 atom stereocenters. The van der Waals surface area contributed by atoms with Crippen molar-refractivity contribution in [3.8, 4) is 0 Å². The van der Waals surface area contributed by atoms with Crippen LogP contribution in [0.3, 0.4) is 0 Å². The van der Waals surface area contributed by atoms with E-state index in [1.54, 1.807) is 7.11 Å². The number of hydrogen-bond donors (Lipinski definition) is 1. The highest BCUT2D eigenvalue weighted by atomic mass is 79.9. The highest BCUT2D eigenvalue weighted by Crippen LogP contribution is 2.22. The molecule has 0 aliphatic rings. The lowest BCUT2D eigenvalue weighted by Gasteiger charge is -2.28. The Bertz CT molecular complexity index is 371. The largest absolute Gasteiger partial charge is 0.399 e. The predicted molar refractivity (Wildman–Crippen MR) is 80.6 cm³/mol. The minimum atomic E-state index is 0.536. The average molecular weight is 315 g/mol. The summed E-state index contributed by atoms with van der Waals surface area (Å²) in [4.78, 5) is 2.42. The van der Waals surface area contributed by atoms with E-state index in [2.05, 4.69) is 34.7 Å². The molecule has 1 unspecified atom stereocenters. The Hall–Kier alpha value is -0.580. The number of benzene rings is 1. The van der Waals surface area contributed by atoms with Gasteiger partial charge in [-0.05, 0) is 37.1 Å². The number of ether oxygens (including phenoxy) is 1. The second-order valence-electron chi connectivity index (χ2n) is 4.57. The fourth-order valence-corrected chi connectivity index (χ4v) is 2.23. The van der Waals surface area contributed by atoms with Crippen LogP contribution < -0.4 is 5.73 Å². The summed E-state index contributed by atoms with van der Waals surface area (Å²) in [5, 5.41) is 0. The first-order chi connectivity index (χ1) is 8.58. The minimum absolute atomic E-state index is 0.536. The molecular formula is C14H23BrN2O. The molecule has 0 spiro atoms. The van der Waals surface area contributed by atoms with Crippen LogP contribution in [0.4, 0.5) is 5.69 Å². The molecular weight excluding hydrogens is 292 g/mol. The molecule has 0 fully saturated rings. The minimum Gasteiger partial charge on any atom is -0.399 e. The van der Waals surface area contributed by atoms with Crippen LogP contribution in [0.2, 0.25) is 0 Å². The molecule has 0 radical (unpaired) electrons. The standard InChI is InChI=1S/C14H23BrN2O/c1-4-11(2)17(7-8-18-3)10-12-9-13(16)5-6-14(12)15/h5-6,9,11H,4,7-8,10,16H2,1-3H3. The van der Waals surface area contributed by atoms with Gasteiger partial charge in [0.05, 0.1) is 6.61 Å². The fourth-order valence-electron chi connectivity index (χ4n) is 1.86. The number of anilines is 1. The SMILES string of the molecule is CCC(C)N(CCOC)Cc1cc(N)ccc1Br. The van der Waals surface area contributed by atoms with Crippen molar-refractivity contribution in [1.29, 1.82) is 0 Å². The molecule has 2 N–H and O–H groups in total. The normalized spacial score (nSPS) is 12.9. The average Bonchev–Trinajstić information content (AvgIpc) is 2.37. The summed E-state index contributed by atoms with van der Waals surface area (Å²) in [6.45, 7) is 7.04. The quantitative estimate of drug-likeness (QED) is 0.785. The highest BCUT2D eigenvalue weighted by Gasteiger charge is 2.14. The lowest BCUT2D eigenvalue weighted by molar-refractivity contribution is 0.118. The van der Waals surface area contributed by atoms with E-state index in [0.717, 1.165) is 36.3 Å². The van der Waals surface area contributed by atoms with Gasteiger partial charge in [-0.2, -0.15) is 0 Å². The second-order valence-corrected chi connectivity index (χ2v) is 5.43. The molecule has 1 rings (SSSR count). The van der Waals surface area contributed by atoms with Gasteiger partial charge in [-0.3, -0.25) is 4.90 Å². The molecule has 0 aromatic heterocycles. The van der Waals surface area contributed by atoms with Gasteiger partial charge in [0.15, 0.2) is 0 Å². The van der Waals surface area contributed by atoms with Crippen LogP contribution in [0.5, 0.6) is 0 Å². The Kier molecular flexibility index (Phi) is 6.68. The van der Waals surface area contributed by atoms with Crippen LogP contribution in [-0.2, 0) is 11.3 Å². The molecule has 0 aliphatic carbocycles. The first kappa shape index (κ1) is 15.5. The number of halogens is 1. The second kappa shape index (κ2) is 7.77. The van der Waals surface area contributed by atoms with Crippen molar-refractivity contribution < 1.29 is 4.74 Å². The third kappa shape index (κ3) is 4.59. The Morgan fingerprint density at radius 1 is 1.44 bits per heavy atom. The van der Waals surface area contributed by atoms with Crippen LogP contribution in [0, 0.1) is 0 Å². The van der Waals surface area contributed by atoms with Gasteiger partial charge in [0.2, 0.25) is 0 Å². The van der Waals surface area contributed by atoms with E-state index >= 15 is 0 Å². The summed E-state index contributed by atoms with van der Waals surface area (Å²) >= 11 is 3.58. The van der Waals surface area contributed by atoms with Crippen LogP contribution in [0.1, 0.15) is 25.8 Å². The summed E-state index contributed by atoms with van der Waals surface area (Å²) in [7, 11) is 1.74. The Morgan fingerprint density at radius 3 is 2.78 bits per heavy atom. The maximum atomic E-state index is 5.85. The number of methoxy groups -OCH3 is 1. The van der Waals surface area contributed by atoms with Crippen molar-refractivity contribution in [2.24, 2.45) is 0 Å². The molecule has 0 heterocycles. The highest BCUT2D eigenvalue weighted by molar-refractivity contribution is 9.10. The number of nitrogens with zero attached hydrogens (tertiary/aromatic N) is 1. The number of rotatable bonds is 7. The predicted octanol–water partition coefficient (Wildman–Crippen LogP) is 3.28.